The number of rotatable bonds is 12. The summed E-state index contributed by atoms with van der Waals surface area (Å²) in [5, 5.41) is 10.9. The first-order chi connectivity index (χ1) is 22.9. The third kappa shape index (κ3) is 6.84. The van der Waals surface area contributed by atoms with Crippen LogP contribution in [0.25, 0.3) is 0 Å². The SMILES string of the molecule is CCCN1/C(=C/C=C2\CCCC(/C=C/C3N(CCC)c4ccccc4C3(C)C)=C2N(N)/C=C(\N)CCC(=O)O)C(C)(C)c2ccccc21. The molecule has 3 aliphatic rings. The second kappa shape index (κ2) is 14.5. The minimum atomic E-state index is -0.878. The van der Waals surface area contributed by atoms with Gasteiger partial charge < -0.3 is 20.6 Å². The summed E-state index contributed by atoms with van der Waals surface area (Å²) in [6.45, 7) is 15.7. The van der Waals surface area contributed by atoms with E-state index in [9.17, 15) is 9.90 Å². The van der Waals surface area contributed by atoms with Gasteiger partial charge in [-0.05, 0) is 79.0 Å². The summed E-state index contributed by atoms with van der Waals surface area (Å²) in [5.74, 6) is 5.98. The molecule has 0 spiro atoms. The number of carboxylic acids is 1. The van der Waals surface area contributed by atoms with E-state index in [1.165, 1.54) is 33.8 Å². The standard InChI is InChI=1S/C41H55N5O2/c1-7-26-44-34-18-11-9-16-32(34)40(3,4)36(44)23-20-29-14-13-15-30(39(29)46(43)28-31(42)22-25-38(47)48)21-24-37-41(5,6)33-17-10-12-19-35(33)45(37)27-8-2/h9-12,16-21,23-24,28,36H,7-8,13-15,22,25-27,42-43H2,1-6H3,(H,47,48)/b23-20+,30-21+,31-28-,37-24+. The molecule has 1 atom stereocenters. The van der Waals surface area contributed by atoms with Gasteiger partial charge in [-0.1, -0.05) is 96.2 Å². The number of carboxylic acid groups (broad SMARTS) is 1. The molecule has 5 N–H and O–H groups in total. The van der Waals surface area contributed by atoms with Crippen LogP contribution in [0.4, 0.5) is 11.4 Å². The van der Waals surface area contributed by atoms with Gasteiger partial charge >= 0.3 is 5.97 Å². The van der Waals surface area contributed by atoms with Crippen molar-refractivity contribution in [3.05, 3.63) is 118 Å². The molecule has 0 amide bonds. The Morgan fingerprint density at radius 3 is 2.29 bits per heavy atom. The first-order valence-electron chi connectivity index (χ1n) is 17.7. The van der Waals surface area contributed by atoms with Gasteiger partial charge in [0.05, 0.1) is 18.2 Å². The maximum atomic E-state index is 11.3. The molecular formula is C41H55N5O2. The summed E-state index contributed by atoms with van der Waals surface area (Å²) in [4.78, 5) is 16.3. The number of hydrazine groups is 1. The van der Waals surface area contributed by atoms with Crippen molar-refractivity contribution in [3.63, 3.8) is 0 Å². The normalized spacial score (nSPS) is 21.8. The molecule has 0 fully saturated rings. The van der Waals surface area contributed by atoms with Gasteiger partial charge in [-0.2, -0.15) is 0 Å². The number of aliphatic carboxylic acids is 1. The lowest BCUT2D eigenvalue weighted by Crippen LogP contribution is -2.40. The second-order valence-corrected chi connectivity index (χ2v) is 14.5. The van der Waals surface area contributed by atoms with Crippen molar-refractivity contribution in [1.82, 2.24) is 5.01 Å². The van der Waals surface area contributed by atoms with Gasteiger partial charge in [-0.15, -0.1) is 0 Å². The van der Waals surface area contributed by atoms with Crippen LogP contribution in [0, 0.1) is 0 Å². The Balaban J connectivity index is 1.59. The zero-order valence-electron chi connectivity index (χ0n) is 29.8. The third-order valence-corrected chi connectivity index (χ3v) is 10.3. The highest BCUT2D eigenvalue weighted by atomic mass is 16.4. The lowest BCUT2D eigenvalue weighted by atomic mass is 9.80. The van der Waals surface area contributed by atoms with Gasteiger partial charge in [0.25, 0.3) is 0 Å². The topological polar surface area (TPSA) is 99.1 Å². The minimum Gasteiger partial charge on any atom is -0.481 e. The molecule has 256 valence electrons. The zero-order chi connectivity index (χ0) is 34.6. The number of nitrogens with two attached hydrogens (primary N) is 2. The van der Waals surface area contributed by atoms with Crippen molar-refractivity contribution in [2.24, 2.45) is 11.6 Å². The minimum absolute atomic E-state index is 0.0374. The van der Waals surface area contributed by atoms with Crippen molar-refractivity contribution in [1.29, 1.82) is 0 Å². The second-order valence-electron chi connectivity index (χ2n) is 14.5. The average molecular weight is 650 g/mol. The number of anilines is 2. The molecule has 0 radical (unpaired) electrons. The van der Waals surface area contributed by atoms with E-state index in [1.54, 1.807) is 11.2 Å². The van der Waals surface area contributed by atoms with Crippen molar-refractivity contribution >= 4 is 17.3 Å². The summed E-state index contributed by atoms with van der Waals surface area (Å²) in [7, 11) is 0. The molecular weight excluding hydrogens is 594 g/mol. The number of carbonyl (C=O) groups is 1. The van der Waals surface area contributed by atoms with Crippen molar-refractivity contribution in [2.45, 2.75) is 103 Å². The molecule has 1 unspecified atom stereocenters. The van der Waals surface area contributed by atoms with E-state index in [-0.39, 0.29) is 29.7 Å². The van der Waals surface area contributed by atoms with E-state index in [2.05, 4.69) is 124 Å². The van der Waals surface area contributed by atoms with Gasteiger partial charge in [-0.3, -0.25) is 9.80 Å². The molecule has 5 rings (SSSR count). The first kappa shape index (κ1) is 35.1. The van der Waals surface area contributed by atoms with Crippen LogP contribution in [-0.2, 0) is 15.6 Å². The number of fused-ring (bicyclic) bond motifs is 2. The largest absolute Gasteiger partial charge is 0.481 e. The van der Waals surface area contributed by atoms with E-state index in [0.29, 0.717) is 5.70 Å². The van der Waals surface area contributed by atoms with E-state index < -0.39 is 5.97 Å². The maximum absolute atomic E-state index is 11.3. The smallest absolute Gasteiger partial charge is 0.303 e. The first-order valence-corrected chi connectivity index (χ1v) is 17.7. The zero-order valence-corrected chi connectivity index (χ0v) is 29.8. The molecule has 48 heavy (non-hydrogen) atoms. The fourth-order valence-electron chi connectivity index (χ4n) is 7.93. The molecule has 1 aliphatic carbocycles. The van der Waals surface area contributed by atoms with E-state index in [4.69, 9.17) is 11.6 Å². The van der Waals surface area contributed by atoms with E-state index >= 15 is 0 Å². The highest BCUT2D eigenvalue weighted by Gasteiger charge is 2.43. The lowest BCUT2D eigenvalue weighted by Gasteiger charge is -2.33. The number of hydrogen-bond donors (Lipinski definition) is 3. The molecule has 2 aromatic rings. The van der Waals surface area contributed by atoms with Crippen molar-refractivity contribution in [3.8, 4) is 0 Å². The van der Waals surface area contributed by atoms with Gasteiger partial charge in [0.1, 0.15) is 0 Å². The Morgan fingerprint density at radius 1 is 0.938 bits per heavy atom. The molecule has 0 saturated heterocycles. The Bertz CT molecular complexity index is 1660. The van der Waals surface area contributed by atoms with Crippen LogP contribution in [0.3, 0.4) is 0 Å². The Morgan fingerprint density at radius 2 is 1.60 bits per heavy atom. The van der Waals surface area contributed by atoms with Gasteiger partial charge in [0.15, 0.2) is 0 Å². The molecule has 2 aromatic carbocycles. The van der Waals surface area contributed by atoms with Crippen molar-refractivity contribution in [2.75, 3.05) is 22.9 Å². The Labute approximate surface area is 287 Å². The van der Waals surface area contributed by atoms with E-state index in [0.717, 1.165) is 56.5 Å². The molecule has 7 nitrogen and oxygen atoms in total. The summed E-state index contributed by atoms with van der Waals surface area (Å²) < 4.78 is 0. The Hall–Kier alpha value is -4.23. The predicted molar refractivity (Wildman–Crippen MR) is 199 cm³/mol. The van der Waals surface area contributed by atoms with Gasteiger partial charge in [-0.25, -0.2) is 5.84 Å². The van der Waals surface area contributed by atoms with Crippen LogP contribution in [0.2, 0.25) is 0 Å². The molecule has 0 aromatic heterocycles. The van der Waals surface area contributed by atoms with Crippen LogP contribution in [-0.4, -0.2) is 35.2 Å². The highest BCUT2D eigenvalue weighted by molar-refractivity contribution is 5.71. The average Bonchev–Trinajstić information content (AvgIpc) is 3.40. The number of hydrogen-bond acceptors (Lipinski definition) is 6. The third-order valence-electron chi connectivity index (χ3n) is 10.3. The molecule has 2 heterocycles. The molecule has 2 aliphatic heterocycles. The fourth-order valence-corrected chi connectivity index (χ4v) is 7.93. The summed E-state index contributed by atoms with van der Waals surface area (Å²) in [6, 6.07) is 17.7. The molecule has 0 saturated carbocycles. The molecule has 7 heteroatoms. The Kier molecular flexibility index (Phi) is 10.6. The lowest BCUT2D eigenvalue weighted by molar-refractivity contribution is -0.136. The summed E-state index contributed by atoms with van der Waals surface area (Å²) in [6.07, 6.45) is 16.0. The van der Waals surface area contributed by atoms with Gasteiger partial charge in [0, 0.05) is 52.9 Å². The number of allylic oxidation sites excluding steroid dienone is 7. The number of nitrogens with zero attached hydrogens (tertiary/aromatic N) is 3. The number of benzene rings is 2. The molecule has 0 bridgehead atoms. The van der Waals surface area contributed by atoms with Gasteiger partial charge in [0.2, 0.25) is 0 Å². The van der Waals surface area contributed by atoms with Crippen LogP contribution >= 0.6 is 0 Å². The quantitative estimate of drug-likeness (QED) is 0.157. The maximum Gasteiger partial charge on any atom is 0.303 e. The summed E-state index contributed by atoms with van der Waals surface area (Å²) in [5.41, 5.74) is 16.4. The van der Waals surface area contributed by atoms with Crippen molar-refractivity contribution < 1.29 is 9.90 Å². The van der Waals surface area contributed by atoms with Crippen LogP contribution in [0.5, 0.6) is 0 Å². The fraction of sp³-hybridized carbons (Fsp3) is 0.439. The van der Waals surface area contributed by atoms with Crippen LogP contribution in [0.1, 0.15) is 97.6 Å². The highest BCUT2D eigenvalue weighted by Crippen LogP contribution is 2.48. The van der Waals surface area contributed by atoms with Crippen LogP contribution < -0.4 is 21.4 Å². The van der Waals surface area contributed by atoms with E-state index in [1.807, 2.05) is 0 Å². The number of para-hydroxylation sites is 2. The van der Waals surface area contributed by atoms with Crippen LogP contribution in [0.15, 0.2) is 107 Å². The monoisotopic (exact) mass is 649 g/mol. The summed E-state index contributed by atoms with van der Waals surface area (Å²) >= 11 is 0. The predicted octanol–water partition coefficient (Wildman–Crippen LogP) is 8.42.